The van der Waals surface area contributed by atoms with Crippen molar-refractivity contribution in [2.45, 2.75) is 6.54 Å². The Bertz CT molecular complexity index is 630. The molecule has 0 saturated carbocycles. The molecule has 0 unspecified atom stereocenters. The third-order valence-corrected chi connectivity index (χ3v) is 3.40. The van der Waals surface area contributed by atoms with E-state index in [4.69, 9.17) is 16.3 Å². The van der Waals surface area contributed by atoms with E-state index in [-0.39, 0.29) is 5.75 Å². The molecule has 21 heavy (non-hydrogen) atoms. The van der Waals surface area contributed by atoms with Crippen LogP contribution >= 0.6 is 11.6 Å². The van der Waals surface area contributed by atoms with Crippen molar-refractivity contribution in [1.82, 2.24) is 0 Å². The number of halogens is 1. The Morgan fingerprint density at radius 2 is 1.95 bits per heavy atom. The first-order chi connectivity index (χ1) is 10.0. The molecular formula is C16H19ClN2O2. The van der Waals surface area contributed by atoms with Crippen LogP contribution in [0.5, 0.6) is 11.5 Å². The van der Waals surface area contributed by atoms with Crippen LogP contribution in [0.2, 0.25) is 5.02 Å². The zero-order valence-electron chi connectivity index (χ0n) is 12.4. The minimum Gasteiger partial charge on any atom is -0.504 e. The minimum absolute atomic E-state index is 0.135. The number of benzene rings is 2. The van der Waals surface area contributed by atoms with Gasteiger partial charge in [0.25, 0.3) is 0 Å². The number of methoxy groups -OCH3 is 1. The van der Waals surface area contributed by atoms with Crippen LogP contribution in [0.4, 0.5) is 11.4 Å². The van der Waals surface area contributed by atoms with Crippen LogP contribution in [-0.4, -0.2) is 26.3 Å². The molecule has 0 aromatic heterocycles. The third-order valence-electron chi connectivity index (χ3n) is 3.17. The third kappa shape index (κ3) is 3.73. The van der Waals surface area contributed by atoms with Gasteiger partial charge < -0.3 is 20.1 Å². The largest absolute Gasteiger partial charge is 0.504 e. The molecule has 2 N–H and O–H groups in total. The highest BCUT2D eigenvalue weighted by Gasteiger charge is 2.07. The SMILES string of the molecule is COc1ccc(CNc2cc(Cl)ccc2N(C)C)cc1O. The average Bonchev–Trinajstić information content (AvgIpc) is 2.45. The average molecular weight is 307 g/mol. The molecule has 2 rings (SSSR count). The van der Waals surface area contributed by atoms with Crippen LogP contribution < -0.4 is 15.0 Å². The Hall–Kier alpha value is -2.07. The summed E-state index contributed by atoms with van der Waals surface area (Å²) in [5, 5.41) is 13.8. The van der Waals surface area contributed by atoms with Crippen molar-refractivity contribution in [2.24, 2.45) is 0 Å². The van der Waals surface area contributed by atoms with Crippen molar-refractivity contribution in [3.05, 3.63) is 47.0 Å². The fourth-order valence-corrected chi connectivity index (χ4v) is 2.25. The topological polar surface area (TPSA) is 44.7 Å². The molecule has 2 aromatic carbocycles. The lowest BCUT2D eigenvalue weighted by Crippen LogP contribution is -2.12. The van der Waals surface area contributed by atoms with E-state index >= 15 is 0 Å². The molecule has 0 bridgehead atoms. The number of rotatable bonds is 5. The van der Waals surface area contributed by atoms with E-state index in [0.29, 0.717) is 17.3 Å². The quantitative estimate of drug-likeness (QED) is 0.883. The predicted molar refractivity (Wildman–Crippen MR) is 87.8 cm³/mol. The maximum atomic E-state index is 9.79. The summed E-state index contributed by atoms with van der Waals surface area (Å²) in [6.07, 6.45) is 0. The fraction of sp³-hybridized carbons (Fsp3) is 0.250. The van der Waals surface area contributed by atoms with Gasteiger partial charge in [0.1, 0.15) is 0 Å². The number of aromatic hydroxyl groups is 1. The molecular weight excluding hydrogens is 288 g/mol. The second-order valence-corrected chi connectivity index (χ2v) is 5.35. The van der Waals surface area contributed by atoms with E-state index in [1.165, 1.54) is 7.11 Å². The van der Waals surface area contributed by atoms with Gasteiger partial charge in [-0.05, 0) is 35.9 Å². The molecule has 0 atom stereocenters. The Balaban J connectivity index is 2.16. The molecule has 0 heterocycles. The minimum atomic E-state index is 0.135. The van der Waals surface area contributed by atoms with Crippen molar-refractivity contribution in [3.8, 4) is 11.5 Å². The number of nitrogens with zero attached hydrogens (tertiary/aromatic N) is 1. The van der Waals surface area contributed by atoms with Crippen molar-refractivity contribution in [2.75, 3.05) is 31.4 Å². The molecule has 5 heteroatoms. The number of phenolic OH excluding ortho intramolecular Hbond substituents is 1. The second kappa shape index (κ2) is 6.59. The van der Waals surface area contributed by atoms with Gasteiger partial charge in [-0.3, -0.25) is 0 Å². The summed E-state index contributed by atoms with van der Waals surface area (Å²) in [6.45, 7) is 0.582. The van der Waals surface area contributed by atoms with Crippen molar-refractivity contribution in [3.63, 3.8) is 0 Å². The lowest BCUT2D eigenvalue weighted by Gasteiger charge is -2.19. The van der Waals surface area contributed by atoms with Gasteiger partial charge in [0.05, 0.1) is 18.5 Å². The number of nitrogens with one attached hydrogen (secondary N) is 1. The molecule has 4 nitrogen and oxygen atoms in total. The van der Waals surface area contributed by atoms with E-state index in [2.05, 4.69) is 5.32 Å². The van der Waals surface area contributed by atoms with E-state index in [1.807, 2.05) is 43.3 Å². The first kappa shape index (κ1) is 15.3. The summed E-state index contributed by atoms with van der Waals surface area (Å²) in [7, 11) is 5.49. The fourth-order valence-electron chi connectivity index (χ4n) is 2.08. The summed E-state index contributed by atoms with van der Waals surface area (Å²) in [6, 6.07) is 11.1. The monoisotopic (exact) mass is 306 g/mol. The van der Waals surface area contributed by atoms with Gasteiger partial charge in [0.15, 0.2) is 11.5 Å². The van der Waals surface area contributed by atoms with Crippen LogP contribution in [-0.2, 0) is 6.54 Å². The second-order valence-electron chi connectivity index (χ2n) is 4.92. The number of hydrogen-bond donors (Lipinski definition) is 2. The lowest BCUT2D eigenvalue weighted by molar-refractivity contribution is 0.373. The number of phenols is 1. The summed E-state index contributed by atoms with van der Waals surface area (Å²) in [5.41, 5.74) is 2.96. The summed E-state index contributed by atoms with van der Waals surface area (Å²) < 4.78 is 5.03. The van der Waals surface area contributed by atoms with Gasteiger partial charge in [0.2, 0.25) is 0 Å². The first-order valence-electron chi connectivity index (χ1n) is 6.58. The molecule has 0 aliphatic carbocycles. The Morgan fingerprint density at radius 3 is 2.57 bits per heavy atom. The van der Waals surface area contributed by atoms with Crippen LogP contribution in [0.3, 0.4) is 0 Å². The maximum absolute atomic E-state index is 9.79. The van der Waals surface area contributed by atoms with E-state index < -0.39 is 0 Å². The summed E-state index contributed by atoms with van der Waals surface area (Å²) >= 11 is 6.05. The van der Waals surface area contributed by atoms with Crippen LogP contribution in [0.25, 0.3) is 0 Å². The van der Waals surface area contributed by atoms with E-state index in [0.717, 1.165) is 16.9 Å². The zero-order valence-corrected chi connectivity index (χ0v) is 13.1. The Kier molecular flexibility index (Phi) is 4.81. The molecule has 0 aliphatic heterocycles. The Labute approximate surface area is 129 Å². The van der Waals surface area contributed by atoms with Crippen molar-refractivity contribution < 1.29 is 9.84 Å². The highest BCUT2D eigenvalue weighted by Crippen LogP contribution is 2.30. The lowest BCUT2D eigenvalue weighted by atomic mass is 10.2. The molecule has 2 aromatic rings. The number of hydrogen-bond acceptors (Lipinski definition) is 4. The highest BCUT2D eigenvalue weighted by molar-refractivity contribution is 6.31. The van der Waals surface area contributed by atoms with E-state index in [1.54, 1.807) is 12.1 Å². The molecule has 0 aliphatic rings. The van der Waals surface area contributed by atoms with Gasteiger partial charge in [-0.2, -0.15) is 0 Å². The van der Waals surface area contributed by atoms with Crippen molar-refractivity contribution in [1.29, 1.82) is 0 Å². The Morgan fingerprint density at radius 1 is 1.19 bits per heavy atom. The molecule has 0 saturated heterocycles. The van der Waals surface area contributed by atoms with Crippen LogP contribution in [0.15, 0.2) is 36.4 Å². The zero-order chi connectivity index (χ0) is 15.4. The van der Waals surface area contributed by atoms with Crippen molar-refractivity contribution >= 4 is 23.0 Å². The smallest absolute Gasteiger partial charge is 0.160 e. The highest BCUT2D eigenvalue weighted by atomic mass is 35.5. The van der Waals surface area contributed by atoms with Crippen LogP contribution in [0.1, 0.15) is 5.56 Å². The molecule has 0 spiro atoms. The van der Waals surface area contributed by atoms with Gasteiger partial charge in [-0.1, -0.05) is 17.7 Å². The van der Waals surface area contributed by atoms with Gasteiger partial charge >= 0.3 is 0 Å². The predicted octanol–water partition coefficient (Wildman–Crippen LogP) is 3.73. The first-order valence-corrected chi connectivity index (χ1v) is 6.95. The molecule has 0 radical (unpaired) electrons. The molecule has 112 valence electrons. The maximum Gasteiger partial charge on any atom is 0.160 e. The normalized spacial score (nSPS) is 10.3. The van der Waals surface area contributed by atoms with Crippen LogP contribution in [0, 0.1) is 0 Å². The summed E-state index contributed by atoms with van der Waals surface area (Å²) in [4.78, 5) is 2.02. The van der Waals surface area contributed by atoms with Gasteiger partial charge in [0, 0.05) is 25.7 Å². The standard InChI is InChI=1S/C16H19ClN2O2/c1-19(2)14-6-5-12(17)9-13(14)18-10-11-4-7-16(21-3)15(20)8-11/h4-9,18,20H,10H2,1-3H3. The molecule has 0 fully saturated rings. The number of ether oxygens (including phenoxy) is 1. The van der Waals surface area contributed by atoms with Gasteiger partial charge in [-0.15, -0.1) is 0 Å². The van der Waals surface area contributed by atoms with Gasteiger partial charge in [-0.25, -0.2) is 0 Å². The number of anilines is 2. The molecule has 0 amide bonds. The summed E-state index contributed by atoms with van der Waals surface area (Å²) in [5.74, 6) is 0.603. The van der Waals surface area contributed by atoms with E-state index in [9.17, 15) is 5.11 Å².